The molecule has 0 fully saturated rings. The molecule has 0 aliphatic heterocycles. The number of hydrogen-bond donors (Lipinski definition) is 3. The lowest BCUT2D eigenvalue weighted by atomic mass is 10.1. The van der Waals surface area contributed by atoms with Crippen molar-refractivity contribution >= 4 is 34.8 Å². The summed E-state index contributed by atoms with van der Waals surface area (Å²) >= 11 is 5.86. The van der Waals surface area contributed by atoms with Crippen molar-refractivity contribution in [2.75, 3.05) is 17.2 Å². The molecule has 6 heteroatoms. The van der Waals surface area contributed by atoms with Crippen LogP contribution in [0, 0.1) is 13.8 Å². The first-order chi connectivity index (χ1) is 14.4. The predicted octanol–water partition coefficient (Wildman–Crippen LogP) is 4.94. The Balaban J connectivity index is 1.48. The van der Waals surface area contributed by atoms with E-state index in [1.165, 1.54) is 11.1 Å². The molecule has 154 valence electrons. The Morgan fingerprint density at radius 3 is 2.17 bits per heavy atom. The average Bonchev–Trinajstić information content (AvgIpc) is 2.74. The van der Waals surface area contributed by atoms with E-state index < -0.39 is 0 Å². The minimum absolute atomic E-state index is 0.159. The number of aryl methyl sites for hydroxylation is 2. The van der Waals surface area contributed by atoms with Crippen LogP contribution in [0.2, 0.25) is 5.02 Å². The van der Waals surface area contributed by atoms with E-state index in [1.54, 1.807) is 36.4 Å². The Labute approximate surface area is 181 Å². The third-order valence-corrected chi connectivity index (χ3v) is 5.01. The lowest BCUT2D eigenvalue weighted by Crippen LogP contribution is -2.23. The van der Waals surface area contributed by atoms with E-state index in [0.29, 0.717) is 22.8 Å². The van der Waals surface area contributed by atoms with E-state index in [4.69, 9.17) is 11.6 Å². The second-order valence-electron chi connectivity index (χ2n) is 7.09. The van der Waals surface area contributed by atoms with Crippen LogP contribution in [-0.2, 0) is 11.3 Å². The number of amides is 2. The summed E-state index contributed by atoms with van der Waals surface area (Å²) in [4.78, 5) is 24.5. The zero-order chi connectivity index (χ0) is 21.5. The molecule has 3 N–H and O–H groups in total. The zero-order valence-electron chi connectivity index (χ0n) is 17.0. The molecule has 0 saturated heterocycles. The number of nitrogens with one attached hydrogen (secondary N) is 3. The highest BCUT2D eigenvalue weighted by molar-refractivity contribution is 6.30. The number of carbonyl (C=O) groups excluding carboxylic acids is 2. The van der Waals surface area contributed by atoms with Gasteiger partial charge in [-0.25, -0.2) is 0 Å². The number of rotatable bonds is 7. The van der Waals surface area contributed by atoms with Gasteiger partial charge in [0.15, 0.2) is 0 Å². The highest BCUT2D eigenvalue weighted by Gasteiger charge is 2.07. The Morgan fingerprint density at radius 2 is 1.50 bits per heavy atom. The summed E-state index contributed by atoms with van der Waals surface area (Å²) in [5, 5.41) is 9.46. The molecular weight excluding hydrogens is 398 g/mol. The number of hydrogen-bond acceptors (Lipinski definition) is 3. The van der Waals surface area contributed by atoms with Crippen LogP contribution in [-0.4, -0.2) is 18.4 Å². The van der Waals surface area contributed by atoms with E-state index >= 15 is 0 Å². The van der Waals surface area contributed by atoms with E-state index in [-0.39, 0.29) is 18.4 Å². The van der Waals surface area contributed by atoms with Crippen LogP contribution in [0.1, 0.15) is 27.0 Å². The van der Waals surface area contributed by atoms with Gasteiger partial charge in [0.25, 0.3) is 5.91 Å². The molecule has 0 saturated carbocycles. The quantitative estimate of drug-likeness (QED) is 0.506. The summed E-state index contributed by atoms with van der Waals surface area (Å²) in [7, 11) is 0. The molecule has 30 heavy (non-hydrogen) atoms. The van der Waals surface area contributed by atoms with Gasteiger partial charge in [-0.3, -0.25) is 9.59 Å². The van der Waals surface area contributed by atoms with Crippen LogP contribution in [0.4, 0.5) is 11.4 Å². The molecule has 0 heterocycles. The lowest BCUT2D eigenvalue weighted by Gasteiger charge is -2.10. The molecule has 0 aliphatic carbocycles. The lowest BCUT2D eigenvalue weighted by molar-refractivity contribution is -0.114. The highest BCUT2D eigenvalue weighted by Crippen LogP contribution is 2.14. The Hall–Kier alpha value is -3.31. The molecule has 0 unspecified atom stereocenters. The molecule has 0 bridgehead atoms. The minimum Gasteiger partial charge on any atom is -0.376 e. The van der Waals surface area contributed by atoms with Crippen molar-refractivity contribution in [2.24, 2.45) is 0 Å². The van der Waals surface area contributed by atoms with Gasteiger partial charge in [0.05, 0.1) is 6.54 Å². The molecule has 0 atom stereocenters. The molecule has 0 spiro atoms. The summed E-state index contributed by atoms with van der Waals surface area (Å²) in [5.74, 6) is -0.340. The maximum atomic E-state index is 12.3. The van der Waals surface area contributed by atoms with Crippen LogP contribution in [0.25, 0.3) is 0 Å². The molecule has 0 radical (unpaired) electrons. The molecule has 2 amide bonds. The normalized spacial score (nSPS) is 10.4. The van der Waals surface area contributed by atoms with Crippen molar-refractivity contribution in [3.63, 3.8) is 0 Å². The van der Waals surface area contributed by atoms with E-state index in [1.807, 2.05) is 44.2 Å². The maximum Gasteiger partial charge on any atom is 0.251 e. The summed E-state index contributed by atoms with van der Waals surface area (Å²) < 4.78 is 0. The smallest absolute Gasteiger partial charge is 0.251 e. The number of anilines is 2. The van der Waals surface area contributed by atoms with Crippen LogP contribution in [0.15, 0.2) is 66.7 Å². The SMILES string of the molecule is Cc1ccc(NCC(=O)Nc2ccc(C(=O)NCc3ccc(Cl)cc3)cc2)cc1C. The van der Waals surface area contributed by atoms with Gasteiger partial charge in [-0.1, -0.05) is 29.8 Å². The fraction of sp³-hybridized carbons (Fsp3) is 0.167. The topological polar surface area (TPSA) is 70.2 Å². The Morgan fingerprint density at radius 1 is 0.833 bits per heavy atom. The fourth-order valence-corrected chi connectivity index (χ4v) is 2.96. The van der Waals surface area contributed by atoms with Gasteiger partial charge in [-0.15, -0.1) is 0 Å². The Kier molecular flexibility index (Phi) is 7.09. The average molecular weight is 422 g/mol. The van der Waals surface area contributed by atoms with E-state index in [9.17, 15) is 9.59 Å². The number of halogens is 1. The largest absolute Gasteiger partial charge is 0.376 e. The molecule has 3 aromatic rings. The third kappa shape index (κ3) is 6.09. The van der Waals surface area contributed by atoms with Crippen LogP contribution in [0.5, 0.6) is 0 Å². The van der Waals surface area contributed by atoms with Crippen molar-refractivity contribution in [1.29, 1.82) is 0 Å². The van der Waals surface area contributed by atoms with Gasteiger partial charge in [-0.05, 0) is 79.1 Å². The number of benzene rings is 3. The van der Waals surface area contributed by atoms with Gasteiger partial charge in [0.2, 0.25) is 5.91 Å². The first kappa shape index (κ1) is 21.4. The molecule has 0 aromatic heterocycles. The summed E-state index contributed by atoms with van der Waals surface area (Å²) in [6.07, 6.45) is 0. The molecule has 3 aromatic carbocycles. The summed E-state index contributed by atoms with van der Waals surface area (Å²) in [6.45, 7) is 4.66. The van der Waals surface area contributed by atoms with Crippen molar-refractivity contribution in [3.8, 4) is 0 Å². The van der Waals surface area contributed by atoms with Crippen molar-refractivity contribution in [2.45, 2.75) is 20.4 Å². The summed E-state index contributed by atoms with van der Waals surface area (Å²) in [5.41, 5.74) is 5.41. The second kappa shape index (κ2) is 9.94. The minimum atomic E-state index is -0.181. The van der Waals surface area contributed by atoms with Crippen LogP contribution >= 0.6 is 11.6 Å². The predicted molar refractivity (Wildman–Crippen MR) is 122 cm³/mol. The van der Waals surface area contributed by atoms with Crippen molar-refractivity contribution in [3.05, 3.63) is 94.0 Å². The second-order valence-corrected chi connectivity index (χ2v) is 7.52. The Bertz CT molecular complexity index is 1030. The van der Waals surface area contributed by atoms with Gasteiger partial charge in [0.1, 0.15) is 0 Å². The van der Waals surface area contributed by atoms with Gasteiger partial charge in [-0.2, -0.15) is 0 Å². The first-order valence-electron chi connectivity index (χ1n) is 9.64. The van der Waals surface area contributed by atoms with Crippen LogP contribution in [0.3, 0.4) is 0 Å². The molecular formula is C24H24ClN3O2. The number of carbonyl (C=O) groups is 2. The molecule has 3 rings (SSSR count). The standard InChI is InChI=1S/C24H24ClN3O2/c1-16-3-10-22(13-17(16)2)26-15-23(29)28-21-11-6-19(7-12-21)24(30)27-14-18-4-8-20(25)9-5-18/h3-13,26H,14-15H2,1-2H3,(H,27,30)(H,28,29). The van der Waals surface area contributed by atoms with Crippen molar-refractivity contribution < 1.29 is 9.59 Å². The molecule has 0 aliphatic rings. The van der Waals surface area contributed by atoms with Gasteiger partial charge < -0.3 is 16.0 Å². The van der Waals surface area contributed by atoms with Crippen LogP contribution < -0.4 is 16.0 Å². The first-order valence-corrected chi connectivity index (χ1v) is 10.0. The third-order valence-electron chi connectivity index (χ3n) is 4.76. The highest BCUT2D eigenvalue weighted by atomic mass is 35.5. The zero-order valence-corrected chi connectivity index (χ0v) is 17.7. The van der Waals surface area contributed by atoms with E-state index in [0.717, 1.165) is 11.3 Å². The van der Waals surface area contributed by atoms with Gasteiger partial charge in [0, 0.05) is 28.5 Å². The monoisotopic (exact) mass is 421 g/mol. The fourth-order valence-electron chi connectivity index (χ4n) is 2.83. The summed E-state index contributed by atoms with van der Waals surface area (Å²) in [6, 6.07) is 20.1. The van der Waals surface area contributed by atoms with Crippen molar-refractivity contribution in [1.82, 2.24) is 5.32 Å². The van der Waals surface area contributed by atoms with E-state index in [2.05, 4.69) is 16.0 Å². The molecule has 5 nitrogen and oxygen atoms in total. The van der Waals surface area contributed by atoms with Gasteiger partial charge >= 0.3 is 0 Å². The maximum absolute atomic E-state index is 12.3.